The predicted octanol–water partition coefficient (Wildman–Crippen LogP) is 2.76. The maximum atomic E-state index is 13.0. The smallest absolute Gasteiger partial charge is 0.308 e. The highest BCUT2D eigenvalue weighted by Crippen LogP contribution is 2.29. The first-order valence-corrected chi connectivity index (χ1v) is 12.3. The molecule has 4 aromatic rings. The maximum absolute atomic E-state index is 13.0. The van der Waals surface area contributed by atoms with E-state index < -0.39 is 11.5 Å². The first-order valence-electron chi connectivity index (χ1n) is 11.5. The number of nitrogens with zero attached hydrogens (tertiary/aromatic N) is 3. The molecule has 186 valence electrons. The number of thiazole rings is 1. The third kappa shape index (κ3) is 5.77. The lowest BCUT2D eigenvalue weighted by Crippen LogP contribution is -2.28. The van der Waals surface area contributed by atoms with Gasteiger partial charge >= 0.3 is 5.97 Å². The number of ether oxygens (including phenoxy) is 3. The quantitative estimate of drug-likeness (QED) is 0.251. The number of fused-ring (bicyclic) bond motifs is 1. The van der Waals surface area contributed by atoms with Crippen molar-refractivity contribution in [3.63, 3.8) is 0 Å². The summed E-state index contributed by atoms with van der Waals surface area (Å²) in [4.78, 5) is 41.3. The molecule has 0 fully saturated rings. The van der Waals surface area contributed by atoms with Crippen LogP contribution in [0.25, 0.3) is 11.0 Å². The summed E-state index contributed by atoms with van der Waals surface area (Å²) in [5.41, 5.74) is 0.843. The zero-order valence-corrected chi connectivity index (χ0v) is 21.0. The Labute approximate surface area is 210 Å². The molecular weight excluding hydrogens is 482 g/mol. The second kappa shape index (κ2) is 11.1. The van der Waals surface area contributed by atoms with Gasteiger partial charge in [-0.3, -0.25) is 14.4 Å². The van der Waals surface area contributed by atoms with Crippen LogP contribution in [0.4, 0.5) is 0 Å². The first-order chi connectivity index (χ1) is 17.4. The second-order valence-corrected chi connectivity index (χ2v) is 8.88. The molecule has 0 amide bonds. The molecule has 2 aromatic heterocycles. The summed E-state index contributed by atoms with van der Waals surface area (Å²) in [7, 11) is 0. The lowest BCUT2D eigenvalue weighted by Gasteiger charge is -2.10. The molecule has 0 bridgehead atoms. The van der Waals surface area contributed by atoms with Crippen molar-refractivity contribution >= 4 is 28.3 Å². The van der Waals surface area contributed by atoms with Crippen LogP contribution in [-0.4, -0.2) is 33.8 Å². The van der Waals surface area contributed by atoms with Crippen LogP contribution in [0, 0.1) is 0 Å². The number of aromatic nitrogens is 3. The van der Waals surface area contributed by atoms with Crippen LogP contribution < -0.4 is 29.9 Å². The van der Waals surface area contributed by atoms with Crippen LogP contribution in [0.2, 0.25) is 0 Å². The largest absolute Gasteiger partial charge is 0.494 e. The van der Waals surface area contributed by atoms with Crippen LogP contribution in [0.1, 0.15) is 44.0 Å². The highest BCUT2D eigenvalue weighted by Gasteiger charge is 2.13. The van der Waals surface area contributed by atoms with Crippen LogP contribution >= 0.6 is 11.3 Å². The maximum Gasteiger partial charge on any atom is 0.308 e. The number of carbonyl (C=O) groups is 1. The Balaban J connectivity index is 1.66. The van der Waals surface area contributed by atoms with Crippen LogP contribution in [0.3, 0.4) is 0 Å². The fourth-order valence-corrected chi connectivity index (χ4v) is 4.35. The standard InChI is InChI=1S/C26H25N3O6S/c1-4-12-34-19-9-6-17(7-10-19)13-20-24(31)27-26-29(28-20)25(32)23(36-26)15-18-8-11-21(35-16(3)30)22(14-18)33-5-2/h6-11,14-15H,4-5,12-13H2,1-3H3. The Kier molecular flexibility index (Phi) is 7.74. The van der Waals surface area contributed by atoms with Crippen molar-refractivity contribution < 1.29 is 19.0 Å². The zero-order chi connectivity index (χ0) is 25.7. The van der Waals surface area contributed by atoms with E-state index in [1.54, 1.807) is 24.3 Å². The number of hydrogen-bond donors (Lipinski definition) is 0. The van der Waals surface area contributed by atoms with Crippen molar-refractivity contribution in [3.05, 3.63) is 84.5 Å². The van der Waals surface area contributed by atoms with Gasteiger partial charge in [-0.2, -0.15) is 14.6 Å². The minimum Gasteiger partial charge on any atom is -0.494 e. The fourth-order valence-electron chi connectivity index (χ4n) is 3.44. The lowest BCUT2D eigenvalue weighted by atomic mass is 10.1. The Morgan fingerprint density at radius 3 is 2.53 bits per heavy atom. The number of esters is 1. The van der Waals surface area contributed by atoms with E-state index in [-0.39, 0.29) is 22.6 Å². The molecule has 0 saturated heterocycles. The number of benzene rings is 2. The Morgan fingerprint density at radius 2 is 1.83 bits per heavy atom. The van der Waals surface area contributed by atoms with Crippen molar-refractivity contribution in [2.45, 2.75) is 33.6 Å². The number of carbonyl (C=O) groups excluding carboxylic acids is 1. The van der Waals surface area contributed by atoms with Gasteiger partial charge in [0.05, 0.1) is 17.7 Å². The number of hydrogen-bond acceptors (Lipinski definition) is 9. The molecule has 0 aliphatic heterocycles. The summed E-state index contributed by atoms with van der Waals surface area (Å²) < 4.78 is 17.8. The van der Waals surface area contributed by atoms with E-state index in [4.69, 9.17) is 14.2 Å². The van der Waals surface area contributed by atoms with Gasteiger partial charge in [0.2, 0.25) is 4.96 Å². The molecule has 0 unspecified atom stereocenters. The zero-order valence-electron chi connectivity index (χ0n) is 20.1. The molecule has 2 heterocycles. The molecule has 9 nitrogen and oxygen atoms in total. The van der Waals surface area contributed by atoms with Gasteiger partial charge < -0.3 is 14.2 Å². The summed E-state index contributed by atoms with van der Waals surface area (Å²) in [5, 5.41) is 4.30. The number of rotatable bonds is 9. The third-order valence-electron chi connectivity index (χ3n) is 5.04. The summed E-state index contributed by atoms with van der Waals surface area (Å²) in [6.07, 6.45) is 2.81. The minimum atomic E-state index is -0.474. The molecule has 0 spiro atoms. The topological polar surface area (TPSA) is 109 Å². The van der Waals surface area contributed by atoms with E-state index in [9.17, 15) is 14.4 Å². The van der Waals surface area contributed by atoms with Gasteiger partial charge in [-0.25, -0.2) is 0 Å². The van der Waals surface area contributed by atoms with E-state index in [1.165, 1.54) is 6.92 Å². The SMILES string of the molecule is CCCOc1ccc(Cc2nn3c(=O)c(=Cc4ccc(OC(C)=O)c(OCC)c4)sc3nc2=O)cc1. The lowest BCUT2D eigenvalue weighted by molar-refractivity contribution is -0.132. The van der Waals surface area contributed by atoms with Crippen molar-refractivity contribution in [1.82, 2.24) is 14.6 Å². The Morgan fingerprint density at radius 1 is 1.06 bits per heavy atom. The molecule has 0 N–H and O–H groups in total. The van der Waals surface area contributed by atoms with E-state index in [0.717, 1.165) is 33.6 Å². The molecule has 2 aromatic carbocycles. The summed E-state index contributed by atoms with van der Waals surface area (Å²) in [6.45, 7) is 6.17. The monoisotopic (exact) mass is 507 g/mol. The molecule has 0 saturated carbocycles. The normalized spacial score (nSPS) is 11.6. The van der Waals surface area contributed by atoms with Gasteiger partial charge in [0.25, 0.3) is 11.1 Å². The molecule has 0 atom stereocenters. The van der Waals surface area contributed by atoms with Crippen LogP contribution in [0.15, 0.2) is 52.1 Å². The first kappa shape index (κ1) is 25.1. The fraction of sp³-hybridized carbons (Fsp3) is 0.269. The minimum absolute atomic E-state index is 0.181. The average molecular weight is 508 g/mol. The van der Waals surface area contributed by atoms with Gasteiger partial charge in [0.1, 0.15) is 11.4 Å². The van der Waals surface area contributed by atoms with Gasteiger partial charge in [0.15, 0.2) is 11.5 Å². The molecule has 4 rings (SSSR count). The van der Waals surface area contributed by atoms with Gasteiger partial charge in [-0.15, -0.1) is 0 Å². The van der Waals surface area contributed by atoms with Crippen molar-refractivity contribution in [2.24, 2.45) is 0 Å². The van der Waals surface area contributed by atoms with Crippen molar-refractivity contribution in [3.8, 4) is 17.2 Å². The molecule has 10 heteroatoms. The third-order valence-corrected chi connectivity index (χ3v) is 6.00. The molecule has 0 aliphatic carbocycles. The summed E-state index contributed by atoms with van der Waals surface area (Å²) in [5.74, 6) is 0.974. The van der Waals surface area contributed by atoms with Gasteiger partial charge in [0, 0.05) is 13.3 Å². The van der Waals surface area contributed by atoms with Crippen molar-refractivity contribution in [1.29, 1.82) is 0 Å². The molecule has 0 aliphatic rings. The highest BCUT2D eigenvalue weighted by molar-refractivity contribution is 7.15. The van der Waals surface area contributed by atoms with Gasteiger partial charge in [-0.05, 0) is 54.8 Å². The van der Waals surface area contributed by atoms with E-state index in [0.29, 0.717) is 34.8 Å². The van der Waals surface area contributed by atoms with Crippen LogP contribution in [-0.2, 0) is 11.2 Å². The summed E-state index contributed by atoms with van der Waals surface area (Å²) >= 11 is 1.07. The van der Waals surface area contributed by atoms with Crippen molar-refractivity contribution in [2.75, 3.05) is 13.2 Å². The Hall–Kier alpha value is -4.05. The van der Waals surface area contributed by atoms with E-state index in [1.807, 2.05) is 38.1 Å². The van der Waals surface area contributed by atoms with E-state index >= 15 is 0 Å². The highest BCUT2D eigenvalue weighted by atomic mass is 32.1. The van der Waals surface area contributed by atoms with Crippen LogP contribution in [0.5, 0.6) is 17.2 Å². The predicted molar refractivity (Wildman–Crippen MR) is 136 cm³/mol. The van der Waals surface area contributed by atoms with E-state index in [2.05, 4.69) is 10.1 Å². The average Bonchev–Trinajstić information content (AvgIpc) is 3.14. The molecule has 0 radical (unpaired) electrons. The molecule has 36 heavy (non-hydrogen) atoms. The summed E-state index contributed by atoms with van der Waals surface area (Å²) in [6, 6.07) is 12.4. The van der Waals surface area contributed by atoms with Gasteiger partial charge in [-0.1, -0.05) is 36.5 Å². The Bertz CT molecular complexity index is 1560. The molecular formula is C26H25N3O6S. The second-order valence-electron chi connectivity index (χ2n) is 7.88.